The van der Waals surface area contributed by atoms with Gasteiger partial charge in [-0.15, -0.1) is 5.10 Å². The van der Waals surface area contributed by atoms with E-state index in [1.807, 2.05) is 6.92 Å². The molecule has 2 bridgehead atoms. The highest BCUT2D eigenvalue weighted by Crippen LogP contribution is 2.62. The number of amides is 2. The van der Waals surface area contributed by atoms with Gasteiger partial charge < -0.3 is 14.6 Å². The maximum absolute atomic E-state index is 13.9. The molecule has 2 amide bonds. The number of carbonyl (C=O) groups is 3. The van der Waals surface area contributed by atoms with Crippen LogP contribution < -0.4 is 9.64 Å². The number of rotatable bonds is 5. The molecular weight excluding hydrogens is 614 g/mol. The molecule has 0 saturated carbocycles. The Balaban J connectivity index is 0.000000515. The third-order valence-electron chi connectivity index (χ3n) is 8.44. The highest BCUT2D eigenvalue weighted by atomic mass is 19.4. The van der Waals surface area contributed by atoms with E-state index in [0.717, 1.165) is 6.07 Å². The van der Waals surface area contributed by atoms with Crippen molar-refractivity contribution in [2.75, 3.05) is 11.5 Å². The number of aliphatic carboxylic acids is 1. The number of fused-ring (bicyclic) bond motifs is 6. The SMILES string of the molecule is Cn1nc(OCC[C@@]23CC[C@@](C)(O2)[C@H]2C(=O)N(c4ccc(C#N)c5ccccc45)C(=O)[C@H]23)cc1C(F)(F)F.O=C(O)C(F)(F)F. The van der Waals surface area contributed by atoms with Gasteiger partial charge in [0.05, 0.1) is 47.0 Å². The highest BCUT2D eigenvalue weighted by Gasteiger charge is 2.74. The van der Waals surface area contributed by atoms with Gasteiger partial charge in [-0.25, -0.2) is 9.69 Å². The van der Waals surface area contributed by atoms with Crippen molar-refractivity contribution < 1.29 is 55.3 Å². The summed E-state index contributed by atoms with van der Waals surface area (Å²) in [6, 6.07) is 13.3. The zero-order valence-corrected chi connectivity index (χ0v) is 23.6. The average Bonchev–Trinajstić information content (AvgIpc) is 3.66. The molecule has 3 fully saturated rings. The van der Waals surface area contributed by atoms with Crippen molar-refractivity contribution in [2.24, 2.45) is 18.9 Å². The zero-order chi connectivity index (χ0) is 33.1. The van der Waals surface area contributed by atoms with Crippen molar-refractivity contribution >= 4 is 34.2 Å². The van der Waals surface area contributed by atoms with Crippen LogP contribution in [0.4, 0.5) is 32.0 Å². The molecule has 3 aromatic rings. The van der Waals surface area contributed by atoms with Crippen LogP contribution in [-0.4, -0.2) is 56.7 Å². The monoisotopic (exact) mass is 638 g/mol. The van der Waals surface area contributed by atoms with Crippen molar-refractivity contribution in [3.63, 3.8) is 0 Å². The number of nitriles is 1. The van der Waals surface area contributed by atoms with Gasteiger partial charge in [-0.3, -0.25) is 14.3 Å². The largest absolute Gasteiger partial charge is 0.490 e. The fourth-order valence-corrected chi connectivity index (χ4v) is 6.53. The van der Waals surface area contributed by atoms with E-state index in [9.17, 15) is 41.2 Å². The summed E-state index contributed by atoms with van der Waals surface area (Å²) in [5.74, 6) is -5.10. The second kappa shape index (κ2) is 10.8. The number of halogens is 6. The zero-order valence-electron chi connectivity index (χ0n) is 23.6. The molecule has 2 aromatic carbocycles. The molecule has 1 aromatic heterocycles. The number of ether oxygens (including phenoxy) is 2. The molecule has 1 N–H and O–H groups in total. The van der Waals surface area contributed by atoms with Gasteiger partial charge in [0.2, 0.25) is 17.7 Å². The molecule has 3 aliphatic heterocycles. The Kier molecular flexibility index (Phi) is 7.59. The third-order valence-corrected chi connectivity index (χ3v) is 8.44. The topological polar surface area (TPSA) is 135 Å². The van der Waals surface area contributed by atoms with Gasteiger partial charge in [-0.05, 0) is 31.9 Å². The van der Waals surface area contributed by atoms with Crippen LogP contribution in [0.2, 0.25) is 0 Å². The predicted octanol–water partition coefficient (Wildman–Crippen LogP) is 4.99. The number of benzene rings is 2. The van der Waals surface area contributed by atoms with E-state index in [2.05, 4.69) is 11.2 Å². The van der Waals surface area contributed by atoms with Crippen LogP contribution in [0.1, 0.15) is 37.4 Å². The molecule has 3 saturated heterocycles. The molecule has 0 aliphatic carbocycles. The Morgan fingerprint density at radius 1 is 1.09 bits per heavy atom. The van der Waals surface area contributed by atoms with Crippen molar-refractivity contribution in [1.29, 1.82) is 5.26 Å². The molecule has 0 spiro atoms. The molecule has 10 nitrogen and oxygen atoms in total. The molecular formula is C29H24F6N4O6. The maximum Gasteiger partial charge on any atom is 0.490 e. The summed E-state index contributed by atoms with van der Waals surface area (Å²) >= 11 is 0. The summed E-state index contributed by atoms with van der Waals surface area (Å²) in [5, 5.41) is 21.7. The predicted molar refractivity (Wildman–Crippen MR) is 142 cm³/mol. The first-order valence-electron chi connectivity index (χ1n) is 13.5. The molecule has 3 aliphatic rings. The molecule has 4 atom stereocenters. The molecule has 6 rings (SSSR count). The lowest BCUT2D eigenvalue weighted by molar-refractivity contribution is -0.192. The Morgan fingerprint density at radius 3 is 2.29 bits per heavy atom. The Labute approximate surface area is 250 Å². The number of aryl methyl sites for hydroxylation is 1. The van der Waals surface area contributed by atoms with E-state index in [1.165, 1.54) is 11.9 Å². The van der Waals surface area contributed by atoms with E-state index in [0.29, 0.717) is 39.5 Å². The smallest absolute Gasteiger partial charge is 0.476 e. The summed E-state index contributed by atoms with van der Waals surface area (Å²) in [5.41, 5.74) is -1.89. The second-order valence-corrected chi connectivity index (χ2v) is 11.1. The first-order chi connectivity index (χ1) is 20.9. The van der Waals surface area contributed by atoms with Crippen molar-refractivity contribution in [3.8, 4) is 11.9 Å². The fraction of sp³-hybridized carbons (Fsp3) is 0.414. The van der Waals surface area contributed by atoms with Crippen LogP contribution >= 0.6 is 0 Å². The van der Waals surface area contributed by atoms with Crippen molar-refractivity contribution in [2.45, 2.75) is 49.7 Å². The number of nitrogens with zero attached hydrogens (tertiary/aromatic N) is 4. The number of imide groups is 1. The summed E-state index contributed by atoms with van der Waals surface area (Å²) in [6.45, 7) is 1.80. The minimum atomic E-state index is -5.08. The van der Waals surface area contributed by atoms with Crippen LogP contribution in [0.5, 0.6) is 5.88 Å². The number of carboxylic acid groups (broad SMARTS) is 1. The van der Waals surface area contributed by atoms with E-state index in [4.69, 9.17) is 19.4 Å². The lowest BCUT2D eigenvalue weighted by Gasteiger charge is -2.31. The number of hydrogen-bond acceptors (Lipinski definition) is 7. The molecule has 0 radical (unpaired) electrons. The minimum Gasteiger partial charge on any atom is -0.476 e. The Hall–Kier alpha value is -4.65. The maximum atomic E-state index is 13.9. The lowest BCUT2D eigenvalue weighted by atomic mass is 9.67. The van der Waals surface area contributed by atoms with Gasteiger partial charge >= 0.3 is 18.3 Å². The standard InChI is InChI=1S/C27H23F3N4O4.C2HF3O2/c1-25-9-10-26(38-25,11-12-37-20-13-19(27(28,29)30)33(2)32-20)22-21(25)23(35)34(24(22)36)18-8-7-15(14-31)16-5-3-4-6-17(16)18;3-2(4,5)1(6)7/h3-8,13,21-22H,9-12H2,1-2H3;(H,6,7)/t21-,22+,25-,26-;/m1./s1. The van der Waals surface area contributed by atoms with E-state index in [-0.39, 0.29) is 30.7 Å². The summed E-state index contributed by atoms with van der Waals surface area (Å²) in [7, 11) is 1.19. The molecule has 4 heterocycles. The normalized spacial score (nSPS) is 25.6. The number of hydrogen-bond donors (Lipinski definition) is 1. The number of alkyl halides is 6. The number of aromatic nitrogens is 2. The van der Waals surface area contributed by atoms with E-state index in [1.54, 1.807) is 36.4 Å². The number of carbonyl (C=O) groups excluding carboxylic acids is 2. The van der Waals surface area contributed by atoms with Crippen LogP contribution in [0.3, 0.4) is 0 Å². The summed E-state index contributed by atoms with van der Waals surface area (Å²) in [6.07, 6.45) is -8.35. The number of anilines is 1. The second-order valence-electron chi connectivity index (χ2n) is 11.1. The molecule has 45 heavy (non-hydrogen) atoms. The lowest BCUT2D eigenvalue weighted by Crippen LogP contribution is -2.43. The van der Waals surface area contributed by atoms with E-state index >= 15 is 0 Å². The van der Waals surface area contributed by atoms with E-state index < -0.39 is 47.1 Å². The number of carboxylic acids is 1. The van der Waals surface area contributed by atoms with Gasteiger partial charge in [0.1, 0.15) is 5.69 Å². The Bertz CT molecular complexity index is 1750. The third kappa shape index (κ3) is 5.34. The van der Waals surface area contributed by atoms with Gasteiger partial charge in [-0.2, -0.15) is 31.6 Å². The molecule has 0 unspecified atom stereocenters. The van der Waals surface area contributed by atoms with Crippen molar-refractivity contribution in [1.82, 2.24) is 9.78 Å². The van der Waals surface area contributed by atoms with Crippen LogP contribution in [0, 0.1) is 23.2 Å². The minimum absolute atomic E-state index is 0.0329. The average molecular weight is 639 g/mol. The van der Waals surface area contributed by atoms with Crippen LogP contribution in [0.15, 0.2) is 42.5 Å². The van der Waals surface area contributed by atoms with Gasteiger partial charge in [0, 0.05) is 30.3 Å². The molecule has 238 valence electrons. The first-order valence-corrected chi connectivity index (χ1v) is 13.5. The van der Waals surface area contributed by atoms with Crippen molar-refractivity contribution in [3.05, 3.63) is 53.7 Å². The summed E-state index contributed by atoms with van der Waals surface area (Å²) < 4.78 is 83.7. The quantitative estimate of drug-likeness (QED) is 0.305. The van der Waals surface area contributed by atoms with Gasteiger partial charge in [0.25, 0.3) is 0 Å². The van der Waals surface area contributed by atoms with Crippen LogP contribution in [0.25, 0.3) is 10.8 Å². The summed E-state index contributed by atoms with van der Waals surface area (Å²) in [4.78, 5) is 37.8. The fourth-order valence-electron chi connectivity index (χ4n) is 6.53. The highest BCUT2D eigenvalue weighted by molar-refractivity contribution is 6.26. The molecule has 16 heteroatoms. The van der Waals surface area contributed by atoms with Gasteiger partial charge in [0.15, 0.2) is 0 Å². The Morgan fingerprint density at radius 2 is 1.71 bits per heavy atom. The first kappa shape index (κ1) is 31.8. The van der Waals surface area contributed by atoms with Crippen LogP contribution in [-0.2, 0) is 32.3 Å². The van der Waals surface area contributed by atoms with Gasteiger partial charge in [-0.1, -0.05) is 24.3 Å².